The highest BCUT2D eigenvalue weighted by Gasteiger charge is 2.41. The monoisotopic (exact) mass is 444 g/mol. The van der Waals surface area contributed by atoms with E-state index in [0.29, 0.717) is 38.0 Å². The Morgan fingerprint density at radius 1 is 1.07 bits per heavy atom. The highest BCUT2D eigenvalue weighted by atomic mass is 35.5. The summed E-state index contributed by atoms with van der Waals surface area (Å²) in [6.07, 6.45) is 5.49. The van der Waals surface area contributed by atoms with Crippen LogP contribution in [0.3, 0.4) is 0 Å². The first-order valence-corrected chi connectivity index (χ1v) is 10.1. The van der Waals surface area contributed by atoms with Gasteiger partial charge in [-0.3, -0.25) is 14.9 Å². The lowest BCUT2D eigenvalue weighted by molar-refractivity contribution is -0.384. The Kier molecular flexibility index (Phi) is 8.14. The van der Waals surface area contributed by atoms with Gasteiger partial charge in [0.1, 0.15) is 0 Å². The van der Waals surface area contributed by atoms with Gasteiger partial charge in [0, 0.05) is 56.0 Å². The largest absolute Gasteiger partial charge is 0.368 e. The van der Waals surface area contributed by atoms with Crippen molar-refractivity contribution >= 4 is 42.1 Å². The fraction of sp³-hybridized carbons (Fsp3) is 0.650. The summed E-state index contributed by atoms with van der Waals surface area (Å²) < 4.78 is 0. The van der Waals surface area contributed by atoms with Crippen LogP contribution in [0.1, 0.15) is 32.1 Å². The third kappa shape index (κ3) is 4.95. The summed E-state index contributed by atoms with van der Waals surface area (Å²) in [6.45, 7) is 2.79. The lowest BCUT2D eigenvalue weighted by Gasteiger charge is -2.45. The van der Waals surface area contributed by atoms with Crippen LogP contribution in [0.25, 0.3) is 0 Å². The molecule has 9 heteroatoms. The number of non-ortho nitro benzene ring substituents is 1. The Morgan fingerprint density at radius 2 is 1.69 bits per heavy atom. The molecule has 1 heterocycles. The molecule has 2 N–H and O–H groups in total. The van der Waals surface area contributed by atoms with Crippen LogP contribution in [-0.4, -0.2) is 48.0 Å². The normalized spacial score (nSPS) is 28.7. The summed E-state index contributed by atoms with van der Waals surface area (Å²) in [5.41, 5.74) is 7.33. The van der Waals surface area contributed by atoms with Gasteiger partial charge in [0.25, 0.3) is 5.69 Å². The molecule has 2 bridgehead atoms. The van der Waals surface area contributed by atoms with E-state index in [4.69, 9.17) is 5.73 Å². The standard InChI is InChI=1S/C20H28N4O3.2ClH/c21-19-14-3-1-4-15(19)12-16(11-14)20(25)23-9-7-22(8-10-23)17-5-2-6-18(13-17)24(26)27;;/h2,5-6,13-16,19H,1,3-4,7-12,21H2;2*1H. The molecule has 29 heavy (non-hydrogen) atoms. The average molecular weight is 445 g/mol. The molecule has 2 saturated carbocycles. The first-order valence-electron chi connectivity index (χ1n) is 10.1. The van der Waals surface area contributed by atoms with Gasteiger partial charge >= 0.3 is 0 Å². The smallest absolute Gasteiger partial charge is 0.271 e. The van der Waals surface area contributed by atoms with Crippen LogP contribution in [-0.2, 0) is 4.79 Å². The number of piperazine rings is 1. The van der Waals surface area contributed by atoms with Crippen molar-refractivity contribution in [3.63, 3.8) is 0 Å². The number of halogens is 2. The Labute approximate surface area is 184 Å². The maximum absolute atomic E-state index is 13.1. The Balaban J connectivity index is 0.00000150. The number of benzene rings is 1. The van der Waals surface area contributed by atoms with Crippen molar-refractivity contribution in [2.45, 2.75) is 38.1 Å². The second kappa shape index (κ2) is 9.96. The molecule has 1 aromatic carbocycles. The number of carbonyl (C=O) groups excluding carboxylic acids is 1. The predicted molar refractivity (Wildman–Crippen MR) is 118 cm³/mol. The number of carbonyl (C=O) groups is 1. The number of nitro benzene ring substituents is 1. The van der Waals surface area contributed by atoms with Crippen LogP contribution in [0.5, 0.6) is 0 Å². The van der Waals surface area contributed by atoms with Crippen LogP contribution in [0.4, 0.5) is 11.4 Å². The second-order valence-electron chi connectivity index (χ2n) is 8.29. The van der Waals surface area contributed by atoms with E-state index in [1.54, 1.807) is 12.1 Å². The number of nitro groups is 1. The van der Waals surface area contributed by atoms with Crippen LogP contribution in [0.15, 0.2) is 24.3 Å². The van der Waals surface area contributed by atoms with Crippen LogP contribution in [0, 0.1) is 27.9 Å². The third-order valence-electron chi connectivity index (χ3n) is 6.76. The quantitative estimate of drug-likeness (QED) is 0.570. The first kappa shape index (κ1) is 23.7. The molecule has 3 aliphatic rings. The second-order valence-corrected chi connectivity index (χ2v) is 8.29. The maximum atomic E-state index is 13.1. The van der Waals surface area contributed by atoms with Gasteiger partial charge in [-0.1, -0.05) is 12.5 Å². The van der Waals surface area contributed by atoms with E-state index in [1.807, 2.05) is 11.0 Å². The zero-order valence-corrected chi connectivity index (χ0v) is 18.1. The molecule has 2 unspecified atom stereocenters. The molecule has 1 saturated heterocycles. The minimum absolute atomic E-state index is 0. The molecule has 2 aliphatic carbocycles. The fourth-order valence-corrected chi connectivity index (χ4v) is 5.24. The zero-order valence-electron chi connectivity index (χ0n) is 16.4. The van der Waals surface area contributed by atoms with Crippen molar-refractivity contribution in [2.24, 2.45) is 23.5 Å². The van der Waals surface area contributed by atoms with E-state index in [0.717, 1.165) is 18.5 Å². The van der Waals surface area contributed by atoms with Crippen molar-refractivity contribution in [1.29, 1.82) is 0 Å². The number of rotatable bonds is 3. The van der Waals surface area contributed by atoms with E-state index in [2.05, 4.69) is 4.90 Å². The predicted octanol–water partition coefficient (Wildman–Crippen LogP) is 3.24. The van der Waals surface area contributed by atoms with Crippen LogP contribution < -0.4 is 10.6 Å². The van der Waals surface area contributed by atoms with E-state index >= 15 is 0 Å². The summed E-state index contributed by atoms with van der Waals surface area (Å²) in [6, 6.07) is 7.02. The number of amides is 1. The molecule has 1 aliphatic heterocycles. The van der Waals surface area contributed by atoms with E-state index in [-0.39, 0.29) is 53.3 Å². The summed E-state index contributed by atoms with van der Waals surface area (Å²) in [7, 11) is 0. The van der Waals surface area contributed by atoms with Gasteiger partial charge in [-0.2, -0.15) is 0 Å². The van der Waals surface area contributed by atoms with E-state index < -0.39 is 0 Å². The Morgan fingerprint density at radius 3 is 2.28 bits per heavy atom. The molecule has 0 radical (unpaired) electrons. The van der Waals surface area contributed by atoms with Crippen molar-refractivity contribution in [2.75, 3.05) is 31.1 Å². The Bertz CT molecular complexity index is 713. The van der Waals surface area contributed by atoms with E-state index in [1.165, 1.54) is 25.3 Å². The van der Waals surface area contributed by atoms with Gasteiger partial charge in [0.05, 0.1) is 4.92 Å². The number of nitrogens with zero attached hydrogens (tertiary/aromatic N) is 3. The number of nitrogens with two attached hydrogens (primary N) is 1. The molecule has 7 nitrogen and oxygen atoms in total. The molecule has 0 spiro atoms. The zero-order chi connectivity index (χ0) is 19.0. The number of fused-ring (bicyclic) bond motifs is 2. The lowest BCUT2D eigenvalue weighted by Crippen LogP contribution is -2.53. The molecular weight excluding hydrogens is 415 g/mol. The van der Waals surface area contributed by atoms with Gasteiger partial charge in [0.15, 0.2) is 0 Å². The molecule has 1 amide bonds. The van der Waals surface area contributed by atoms with Gasteiger partial charge < -0.3 is 15.5 Å². The highest BCUT2D eigenvalue weighted by Crippen LogP contribution is 2.42. The van der Waals surface area contributed by atoms with Gasteiger partial charge in [-0.15, -0.1) is 24.8 Å². The molecule has 0 aromatic heterocycles. The summed E-state index contributed by atoms with van der Waals surface area (Å²) >= 11 is 0. The first-order chi connectivity index (χ1) is 13.0. The van der Waals surface area contributed by atoms with Crippen LogP contribution >= 0.6 is 24.8 Å². The lowest BCUT2D eigenvalue weighted by atomic mass is 9.65. The fourth-order valence-electron chi connectivity index (χ4n) is 5.24. The third-order valence-corrected chi connectivity index (χ3v) is 6.76. The maximum Gasteiger partial charge on any atom is 0.271 e. The van der Waals surface area contributed by atoms with Crippen molar-refractivity contribution in [1.82, 2.24) is 4.90 Å². The van der Waals surface area contributed by atoms with Crippen molar-refractivity contribution in [3.8, 4) is 0 Å². The number of anilines is 1. The minimum atomic E-state index is -0.367. The summed E-state index contributed by atoms with van der Waals surface area (Å²) in [5, 5.41) is 11.0. The molecule has 3 fully saturated rings. The average Bonchev–Trinajstić information content (AvgIpc) is 2.67. The molecule has 2 atom stereocenters. The number of hydrogen-bond acceptors (Lipinski definition) is 5. The topological polar surface area (TPSA) is 92.7 Å². The van der Waals surface area contributed by atoms with Crippen molar-refractivity contribution in [3.05, 3.63) is 34.4 Å². The minimum Gasteiger partial charge on any atom is -0.368 e. The molecular formula is C20H30Cl2N4O3. The van der Waals surface area contributed by atoms with Crippen LogP contribution in [0.2, 0.25) is 0 Å². The summed E-state index contributed by atoms with van der Waals surface area (Å²) in [5.74, 6) is 1.44. The van der Waals surface area contributed by atoms with Gasteiger partial charge in [-0.05, 0) is 43.6 Å². The van der Waals surface area contributed by atoms with Crippen molar-refractivity contribution < 1.29 is 9.72 Å². The molecule has 1 aromatic rings. The SMILES string of the molecule is Cl.Cl.NC1C2CCCC1CC(C(=O)N1CCN(c3cccc([N+](=O)[O-])c3)CC1)C2. The summed E-state index contributed by atoms with van der Waals surface area (Å²) in [4.78, 5) is 27.8. The molecule has 4 rings (SSSR count). The number of hydrogen-bond donors (Lipinski definition) is 1. The highest BCUT2D eigenvalue weighted by molar-refractivity contribution is 5.85. The molecule has 162 valence electrons. The van der Waals surface area contributed by atoms with Gasteiger partial charge in [-0.25, -0.2) is 0 Å². The van der Waals surface area contributed by atoms with E-state index in [9.17, 15) is 14.9 Å². The van der Waals surface area contributed by atoms with Gasteiger partial charge in [0.2, 0.25) is 5.91 Å². The Hall–Kier alpha value is -1.57.